The fourth-order valence-electron chi connectivity index (χ4n) is 3.10. The molecule has 0 unspecified atom stereocenters. The zero-order chi connectivity index (χ0) is 16.9. The molecule has 1 amide bonds. The molecule has 1 aliphatic rings. The Hall–Kier alpha value is -2.76. The average Bonchev–Trinajstić information content (AvgIpc) is 2.92. The molecule has 6 nitrogen and oxygen atoms in total. The molecule has 2 aromatic rings. The molecule has 0 aliphatic carbocycles. The molecule has 0 spiro atoms. The first-order valence-electron chi connectivity index (χ1n) is 7.84. The number of methoxy groups -OCH3 is 1. The molecular weight excluding hydrogens is 306 g/mol. The maximum atomic E-state index is 12.8. The number of esters is 1. The highest BCUT2D eigenvalue weighted by molar-refractivity contribution is 5.89. The van der Waals surface area contributed by atoms with Crippen molar-refractivity contribution in [2.45, 2.75) is 13.0 Å². The van der Waals surface area contributed by atoms with Crippen LogP contribution in [-0.4, -0.2) is 40.4 Å². The molecule has 1 aromatic heterocycles. The summed E-state index contributed by atoms with van der Waals surface area (Å²) in [6.07, 6.45) is 3.62. The second-order valence-corrected chi connectivity index (χ2v) is 5.85. The summed E-state index contributed by atoms with van der Waals surface area (Å²) in [6.45, 7) is 0.729. The number of amides is 1. The molecule has 2 atom stereocenters. The number of benzene rings is 1. The van der Waals surface area contributed by atoms with E-state index in [-0.39, 0.29) is 11.9 Å². The van der Waals surface area contributed by atoms with Crippen LogP contribution in [0.1, 0.15) is 11.3 Å². The van der Waals surface area contributed by atoms with Crippen LogP contribution in [0.5, 0.6) is 0 Å². The SMILES string of the molecule is COC(=O)[C@H]1CN(Cc2ccncn2)C(=O)[C@@H]1Cc1ccccc1. The number of nitrogens with zero attached hydrogens (tertiary/aromatic N) is 3. The van der Waals surface area contributed by atoms with Crippen LogP contribution in [-0.2, 0) is 27.3 Å². The van der Waals surface area contributed by atoms with Crippen molar-refractivity contribution in [3.63, 3.8) is 0 Å². The minimum absolute atomic E-state index is 0.0344. The lowest BCUT2D eigenvalue weighted by atomic mass is 9.89. The highest BCUT2D eigenvalue weighted by atomic mass is 16.5. The van der Waals surface area contributed by atoms with E-state index in [1.807, 2.05) is 30.3 Å². The van der Waals surface area contributed by atoms with Crippen LogP contribution < -0.4 is 0 Å². The van der Waals surface area contributed by atoms with Crippen molar-refractivity contribution in [1.29, 1.82) is 0 Å². The van der Waals surface area contributed by atoms with E-state index in [0.717, 1.165) is 11.3 Å². The molecule has 1 aromatic carbocycles. The molecule has 0 radical (unpaired) electrons. The van der Waals surface area contributed by atoms with E-state index in [0.29, 0.717) is 19.5 Å². The molecule has 0 bridgehead atoms. The summed E-state index contributed by atoms with van der Waals surface area (Å²) in [5, 5.41) is 0. The van der Waals surface area contributed by atoms with Gasteiger partial charge in [-0.1, -0.05) is 30.3 Å². The summed E-state index contributed by atoms with van der Waals surface area (Å²) in [5.41, 5.74) is 1.79. The zero-order valence-electron chi connectivity index (χ0n) is 13.5. The summed E-state index contributed by atoms with van der Waals surface area (Å²) >= 11 is 0. The third kappa shape index (κ3) is 3.42. The van der Waals surface area contributed by atoms with Gasteiger partial charge in [-0.15, -0.1) is 0 Å². The standard InChI is InChI=1S/C18H19N3O3/c1-24-18(23)16-11-21(10-14-7-8-19-12-20-14)17(22)15(16)9-13-5-3-2-4-6-13/h2-8,12,15-16H,9-11H2,1H3/t15-,16+/m1/s1. The Morgan fingerprint density at radius 1 is 1.29 bits per heavy atom. The number of aromatic nitrogens is 2. The van der Waals surface area contributed by atoms with E-state index in [2.05, 4.69) is 9.97 Å². The average molecular weight is 325 g/mol. The van der Waals surface area contributed by atoms with Gasteiger partial charge < -0.3 is 9.64 Å². The van der Waals surface area contributed by atoms with E-state index >= 15 is 0 Å². The lowest BCUT2D eigenvalue weighted by molar-refractivity contribution is -0.147. The van der Waals surface area contributed by atoms with Crippen molar-refractivity contribution in [3.05, 3.63) is 60.2 Å². The van der Waals surface area contributed by atoms with Crippen molar-refractivity contribution >= 4 is 11.9 Å². The predicted molar refractivity (Wildman–Crippen MR) is 86.6 cm³/mol. The van der Waals surface area contributed by atoms with Crippen LogP contribution in [0.2, 0.25) is 0 Å². The largest absolute Gasteiger partial charge is 0.469 e. The van der Waals surface area contributed by atoms with E-state index in [4.69, 9.17) is 4.74 Å². The van der Waals surface area contributed by atoms with Gasteiger partial charge in [-0.05, 0) is 18.1 Å². The van der Waals surface area contributed by atoms with Crippen molar-refractivity contribution in [3.8, 4) is 0 Å². The zero-order valence-corrected chi connectivity index (χ0v) is 13.5. The normalized spacial score (nSPS) is 20.2. The van der Waals surface area contributed by atoms with Crippen LogP contribution >= 0.6 is 0 Å². The third-order valence-electron chi connectivity index (χ3n) is 4.33. The smallest absolute Gasteiger partial charge is 0.311 e. The Morgan fingerprint density at radius 2 is 2.08 bits per heavy atom. The van der Waals surface area contributed by atoms with Crippen molar-refractivity contribution in [2.24, 2.45) is 11.8 Å². The van der Waals surface area contributed by atoms with Gasteiger partial charge in [0.25, 0.3) is 0 Å². The molecule has 0 N–H and O–H groups in total. The van der Waals surface area contributed by atoms with Gasteiger partial charge in [-0.3, -0.25) is 9.59 Å². The number of ether oxygens (including phenoxy) is 1. The Morgan fingerprint density at radius 3 is 2.75 bits per heavy atom. The van der Waals surface area contributed by atoms with Crippen LogP contribution in [0.25, 0.3) is 0 Å². The van der Waals surface area contributed by atoms with Gasteiger partial charge in [0.1, 0.15) is 6.33 Å². The Labute approximate surface area is 140 Å². The summed E-state index contributed by atoms with van der Waals surface area (Å²) in [7, 11) is 1.36. The molecule has 124 valence electrons. The quantitative estimate of drug-likeness (QED) is 0.778. The number of hydrogen-bond acceptors (Lipinski definition) is 5. The van der Waals surface area contributed by atoms with Gasteiger partial charge in [-0.2, -0.15) is 0 Å². The molecule has 24 heavy (non-hydrogen) atoms. The lowest BCUT2D eigenvalue weighted by Gasteiger charge is -2.15. The number of carbonyl (C=O) groups is 2. The van der Waals surface area contributed by atoms with Crippen molar-refractivity contribution in [1.82, 2.24) is 14.9 Å². The van der Waals surface area contributed by atoms with Gasteiger partial charge >= 0.3 is 5.97 Å². The number of carbonyl (C=O) groups excluding carboxylic acids is 2. The van der Waals surface area contributed by atoms with E-state index in [1.165, 1.54) is 13.4 Å². The topological polar surface area (TPSA) is 72.4 Å². The third-order valence-corrected chi connectivity index (χ3v) is 4.33. The van der Waals surface area contributed by atoms with Gasteiger partial charge in [-0.25, -0.2) is 9.97 Å². The van der Waals surface area contributed by atoms with Crippen LogP contribution in [0.4, 0.5) is 0 Å². The minimum Gasteiger partial charge on any atom is -0.469 e. The fraction of sp³-hybridized carbons (Fsp3) is 0.333. The Bertz CT molecular complexity index is 706. The molecule has 3 rings (SSSR count). The second kappa shape index (κ2) is 7.21. The number of hydrogen-bond donors (Lipinski definition) is 0. The first kappa shape index (κ1) is 16.1. The fourth-order valence-corrected chi connectivity index (χ4v) is 3.10. The first-order chi connectivity index (χ1) is 11.7. The second-order valence-electron chi connectivity index (χ2n) is 5.85. The molecule has 0 saturated carbocycles. The molecule has 1 fully saturated rings. The highest BCUT2D eigenvalue weighted by Crippen LogP contribution is 2.30. The van der Waals surface area contributed by atoms with Gasteiger partial charge in [0.15, 0.2) is 0 Å². The highest BCUT2D eigenvalue weighted by Gasteiger charge is 2.44. The maximum absolute atomic E-state index is 12.8. The summed E-state index contributed by atoms with van der Waals surface area (Å²) in [5.74, 6) is -1.23. The van der Waals surface area contributed by atoms with Crippen molar-refractivity contribution in [2.75, 3.05) is 13.7 Å². The molecular formula is C18H19N3O3. The van der Waals surface area contributed by atoms with Crippen molar-refractivity contribution < 1.29 is 14.3 Å². The monoisotopic (exact) mass is 325 g/mol. The molecule has 1 saturated heterocycles. The Balaban J connectivity index is 1.79. The minimum atomic E-state index is -0.454. The van der Waals surface area contributed by atoms with E-state index < -0.39 is 11.8 Å². The number of likely N-dealkylation sites (tertiary alicyclic amines) is 1. The summed E-state index contributed by atoms with van der Waals surface area (Å²) in [4.78, 5) is 34.7. The van der Waals surface area contributed by atoms with Crippen LogP contribution in [0.15, 0.2) is 48.9 Å². The molecule has 2 heterocycles. The number of rotatable bonds is 5. The van der Waals surface area contributed by atoms with Crippen LogP contribution in [0, 0.1) is 11.8 Å². The lowest BCUT2D eigenvalue weighted by Crippen LogP contribution is -2.28. The maximum Gasteiger partial charge on any atom is 0.311 e. The predicted octanol–water partition coefficient (Wildman–Crippen LogP) is 1.47. The van der Waals surface area contributed by atoms with E-state index in [1.54, 1.807) is 17.2 Å². The Kier molecular flexibility index (Phi) is 4.84. The van der Waals surface area contributed by atoms with E-state index in [9.17, 15) is 9.59 Å². The van der Waals surface area contributed by atoms with Gasteiger partial charge in [0.2, 0.25) is 5.91 Å². The summed E-state index contributed by atoms with van der Waals surface area (Å²) < 4.78 is 4.91. The van der Waals surface area contributed by atoms with Gasteiger partial charge in [0.05, 0.1) is 31.2 Å². The first-order valence-corrected chi connectivity index (χ1v) is 7.84. The van der Waals surface area contributed by atoms with Crippen LogP contribution in [0.3, 0.4) is 0 Å². The molecule has 1 aliphatic heterocycles. The summed E-state index contributed by atoms with van der Waals surface area (Å²) in [6, 6.07) is 11.5. The van der Waals surface area contributed by atoms with Gasteiger partial charge in [0, 0.05) is 12.7 Å². The molecule has 6 heteroatoms.